The second-order valence-electron chi connectivity index (χ2n) is 4.44. The van der Waals surface area contributed by atoms with Crippen molar-refractivity contribution in [1.82, 2.24) is 0 Å². The summed E-state index contributed by atoms with van der Waals surface area (Å²) in [7, 11) is 0. The van der Waals surface area contributed by atoms with E-state index in [4.69, 9.17) is 16.6 Å². The highest BCUT2D eigenvalue weighted by atomic mass is 79.9. The molecule has 0 spiro atoms. The third-order valence-electron chi connectivity index (χ3n) is 2.96. The highest BCUT2D eigenvalue weighted by molar-refractivity contribution is 9.10. The molecule has 1 aliphatic rings. The average Bonchev–Trinajstić information content (AvgIpc) is 3.03. The highest BCUT2D eigenvalue weighted by Crippen LogP contribution is 2.37. The molecule has 3 rings (SSSR count). The Hall–Kier alpha value is -1.97. The van der Waals surface area contributed by atoms with E-state index in [1.165, 1.54) is 23.1 Å². The molecule has 1 saturated heterocycles. The van der Waals surface area contributed by atoms with Gasteiger partial charge in [0, 0.05) is 18.2 Å². The van der Waals surface area contributed by atoms with Crippen molar-refractivity contribution >= 4 is 67.6 Å². The lowest BCUT2D eigenvalue weighted by Gasteiger charge is -2.13. The quantitative estimate of drug-likeness (QED) is 0.323. The summed E-state index contributed by atoms with van der Waals surface area (Å²) in [5, 5.41) is 10.9. The van der Waals surface area contributed by atoms with E-state index in [0.717, 1.165) is 11.8 Å². The van der Waals surface area contributed by atoms with E-state index in [1.807, 2.05) is 0 Å². The highest BCUT2D eigenvalue weighted by Gasteiger charge is 2.34. The normalized spacial score (nSPS) is 16.4. The second-order valence-corrected chi connectivity index (χ2v) is 6.89. The topological polar surface area (TPSA) is 76.6 Å². The van der Waals surface area contributed by atoms with Crippen molar-refractivity contribution < 1.29 is 14.1 Å². The lowest BCUT2D eigenvalue weighted by molar-refractivity contribution is -0.384. The van der Waals surface area contributed by atoms with Crippen LogP contribution in [0.15, 0.2) is 50.4 Å². The Morgan fingerprint density at radius 3 is 2.78 bits per heavy atom. The number of furan rings is 1. The minimum Gasteiger partial charge on any atom is -0.450 e. The number of hydrogen-bond acceptors (Lipinski definition) is 6. The summed E-state index contributed by atoms with van der Waals surface area (Å²) in [6.07, 6.45) is 1.58. The molecule has 0 atom stereocenters. The molecule has 0 aliphatic carbocycles. The van der Waals surface area contributed by atoms with Crippen molar-refractivity contribution in [2.75, 3.05) is 4.90 Å². The van der Waals surface area contributed by atoms with Gasteiger partial charge >= 0.3 is 0 Å². The molecule has 6 nitrogen and oxygen atoms in total. The predicted molar refractivity (Wildman–Crippen MR) is 95.2 cm³/mol. The van der Waals surface area contributed by atoms with Gasteiger partial charge in [0.15, 0.2) is 8.99 Å². The van der Waals surface area contributed by atoms with E-state index in [0.29, 0.717) is 25.3 Å². The van der Waals surface area contributed by atoms with E-state index in [9.17, 15) is 14.9 Å². The number of thioether (sulfide) groups is 1. The predicted octanol–water partition coefficient (Wildman–Crippen LogP) is 4.36. The molecule has 2 aromatic rings. The third kappa shape index (κ3) is 3.21. The van der Waals surface area contributed by atoms with Gasteiger partial charge in [-0.05, 0) is 34.1 Å². The van der Waals surface area contributed by atoms with E-state index in [2.05, 4.69) is 15.9 Å². The summed E-state index contributed by atoms with van der Waals surface area (Å²) in [4.78, 5) is 24.6. The van der Waals surface area contributed by atoms with Crippen LogP contribution >= 0.6 is 39.9 Å². The smallest absolute Gasteiger partial charge is 0.271 e. The van der Waals surface area contributed by atoms with Crippen LogP contribution in [0.1, 0.15) is 5.76 Å². The van der Waals surface area contributed by atoms with Gasteiger partial charge < -0.3 is 4.42 Å². The summed E-state index contributed by atoms with van der Waals surface area (Å²) in [6, 6.07) is 9.22. The van der Waals surface area contributed by atoms with E-state index in [-0.39, 0.29) is 11.6 Å². The Balaban J connectivity index is 1.94. The Labute approximate surface area is 148 Å². The molecule has 0 bridgehead atoms. The average molecular weight is 411 g/mol. The van der Waals surface area contributed by atoms with Crippen molar-refractivity contribution in [2.45, 2.75) is 0 Å². The number of halogens is 1. The maximum Gasteiger partial charge on any atom is 0.271 e. The number of carbonyl (C=O) groups is 1. The Kier molecular flexibility index (Phi) is 4.33. The Morgan fingerprint density at radius 1 is 1.35 bits per heavy atom. The zero-order valence-corrected chi connectivity index (χ0v) is 14.5. The van der Waals surface area contributed by atoms with Gasteiger partial charge in [-0.1, -0.05) is 30.0 Å². The van der Waals surface area contributed by atoms with Crippen molar-refractivity contribution in [3.63, 3.8) is 0 Å². The van der Waals surface area contributed by atoms with Gasteiger partial charge in [-0.3, -0.25) is 19.8 Å². The molecule has 1 fully saturated rings. The lowest BCUT2D eigenvalue weighted by atomic mass is 10.2. The summed E-state index contributed by atoms with van der Waals surface area (Å²) < 4.78 is 6.21. The van der Waals surface area contributed by atoms with Gasteiger partial charge in [-0.2, -0.15) is 0 Å². The van der Waals surface area contributed by atoms with Gasteiger partial charge in [0.2, 0.25) is 0 Å². The minimum atomic E-state index is -0.517. The Bertz CT molecular complexity index is 862. The first-order valence-corrected chi connectivity index (χ1v) is 8.25. The van der Waals surface area contributed by atoms with Crippen LogP contribution in [0, 0.1) is 10.1 Å². The van der Waals surface area contributed by atoms with E-state index >= 15 is 0 Å². The minimum absolute atomic E-state index is 0.101. The maximum absolute atomic E-state index is 12.5. The van der Waals surface area contributed by atoms with E-state index in [1.54, 1.807) is 24.3 Å². The molecule has 9 heteroatoms. The monoisotopic (exact) mass is 410 g/mol. The number of carbonyl (C=O) groups excluding carboxylic acids is 1. The van der Waals surface area contributed by atoms with Gasteiger partial charge in [-0.25, -0.2) is 0 Å². The van der Waals surface area contributed by atoms with E-state index < -0.39 is 4.92 Å². The fourth-order valence-corrected chi connectivity index (χ4v) is 3.57. The number of anilines is 1. The van der Waals surface area contributed by atoms with Crippen LogP contribution in [0.5, 0.6) is 0 Å². The van der Waals surface area contributed by atoms with Crippen LogP contribution < -0.4 is 4.90 Å². The fourth-order valence-electron chi connectivity index (χ4n) is 1.97. The standard InChI is InChI=1S/C14H7BrN2O4S2/c15-12-5-4-10(21-12)7-11-13(18)16(14(22)23-11)8-2-1-3-9(6-8)17(19)20/h1-7H/b11-7+. The van der Waals surface area contributed by atoms with Gasteiger partial charge in [0.25, 0.3) is 11.6 Å². The molecular formula is C14H7BrN2O4S2. The van der Waals surface area contributed by atoms with Gasteiger partial charge in [0.05, 0.1) is 15.5 Å². The zero-order chi connectivity index (χ0) is 16.6. The largest absolute Gasteiger partial charge is 0.450 e. The van der Waals surface area contributed by atoms with Crippen LogP contribution in [0.2, 0.25) is 0 Å². The third-order valence-corrected chi connectivity index (χ3v) is 4.69. The first-order chi connectivity index (χ1) is 11.0. The molecule has 23 heavy (non-hydrogen) atoms. The second kappa shape index (κ2) is 6.26. The van der Waals surface area contributed by atoms with Crippen LogP contribution in [-0.4, -0.2) is 15.2 Å². The molecule has 1 amide bonds. The number of rotatable bonds is 3. The number of non-ortho nitro benzene ring substituents is 1. The van der Waals surface area contributed by atoms with Crippen LogP contribution in [0.25, 0.3) is 6.08 Å². The van der Waals surface area contributed by atoms with Crippen LogP contribution in [0.4, 0.5) is 11.4 Å². The number of thiocarbonyl (C=S) groups is 1. The summed E-state index contributed by atoms with van der Waals surface area (Å²) in [5.74, 6) is 0.171. The number of nitro benzene ring substituents is 1. The summed E-state index contributed by atoms with van der Waals surface area (Å²) in [5.41, 5.74) is 0.265. The van der Waals surface area contributed by atoms with Crippen LogP contribution in [0.3, 0.4) is 0 Å². The zero-order valence-electron chi connectivity index (χ0n) is 11.3. The fraction of sp³-hybridized carbons (Fsp3) is 0. The van der Waals surface area contributed by atoms with Crippen molar-refractivity contribution in [1.29, 1.82) is 0 Å². The van der Waals surface area contributed by atoms with Crippen molar-refractivity contribution in [3.05, 3.63) is 61.8 Å². The maximum atomic E-state index is 12.5. The first kappa shape index (κ1) is 15.9. The van der Waals surface area contributed by atoms with Gasteiger partial charge in [0.1, 0.15) is 5.76 Å². The van der Waals surface area contributed by atoms with Crippen molar-refractivity contribution in [2.24, 2.45) is 0 Å². The first-order valence-electron chi connectivity index (χ1n) is 6.23. The molecule has 116 valence electrons. The molecular weight excluding hydrogens is 404 g/mol. The molecule has 0 radical (unpaired) electrons. The molecule has 1 aromatic carbocycles. The molecule has 2 heterocycles. The summed E-state index contributed by atoms with van der Waals surface area (Å²) >= 11 is 9.53. The van der Waals surface area contributed by atoms with Crippen LogP contribution in [-0.2, 0) is 4.79 Å². The number of nitro groups is 1. The molecule has 0 N–H and O–H groups in total. The number of amides is 1. The summed E-state index contributed by atoms with van der Waals surface area (Å²) in [6.45, 7) is 0. The molecule has 1 aliphatic heterocycles. The van der Waals surface area contributed by atoms with Gasteiger partial charge in [-0.15, -0.1) is 0 Å². The number of benzene rings is 1. The molecule has 0 saturated carbocycles. The molecule has 0 unspecified atom stereocenters. The van der Waals surface area contributed by atoms with Crippen molar-refractivity contribution in [3.8, 4) is 0 Å². The Morgan fingerprint density at radius 2 is 2.13 bits per heavy atom. The number of nitrogens with zero attached hydrogens (tertiary/aromatic N) is 2. The molecule has 1 aromatic heterocycles. The number of hydrogen-bond donors (Lipinski definition) is 0. The SMILES string of the molecule is O=C1/C(=C\c2ccc(Br)o2)SC(=S)N1c1cccc([N+](=O)[O-])c1. The lowest BCUT2D eigenvalue weighted by Crippen LogP contribution is -2.27.